The van der Waals surface area contributed by atoms with Crippen LogP contribution >= 0.6 is 23.2 Å². The Hall–Kier alpha value is -2.17. The summed E-state index contributed by atoms with van der Waals surface area (Å²) in [7, 11) is 1.68. The van der Waals surface area contributed by atoms with Gasteiger partial charge in [-0.15, -0.1) is 0 Å². The van der Waals surface area contributed by atoms with Crippen molar-refractivity contribution in [2.24, 2.45) is 0 Å². The average Bonchev–Trinajstić information content (AvgIpc) is 2.84. The minimum Gasteiger partial charge on any atom is -0.497 e. The van der Waals surface area contributed by atoms with Crippen LogP contribution in [0.4, 0.5) is 5.82 Å². The van der Waals surface area contributed by atoms with Crippen LogP contribution in [0.25, 0.3) is 5.69 Å². The molecule has 0 aliphatic carbocycles. The van der Waals surface area contributed by atoms with Gasteiger partial charge in [-0.05, 0) is 55.2 Å². The van der Waals surface area contributed by atoms with E-state index in [-0.39, 0.29) is 0 Å². The largest absolute Gasteiger partial charge is 0.497 e. The maximum Gasteiger partial charge on any atom is 0.133 e. The fourth-order valence-electron chi connectivity index (χ4n) is 3.48. The van der Waals surface area contributed by atoms with E-state index in [2.05, 4.69) is 17.4 Å². The van der Waals surface area contributed by atoms with Gasteiger partial charge in [-0.3, -0.25) is 0 Å². The van der Waals surface area contributed by atoms with Crippen LogP contribution in [0.15, 0.2) is 42.5 Å². The van der Waals surface area contributed by atoms with Crippen molar-refractivity contribution in [1.82, 2.24) is 9.78 Å². The fraction of sp³-hybridized carbons (Fsp3) is 0.286. The molecule has 3 aromatic rings. The SMILES string of the molecule is COc1ccc(Cc2nn(-c3ccc(Cl)cc3Cl)c3c2CCCCN3)cc1. The van der Waals surface area contributed by atoms with Gasteiger partial charge in [0.15, 0.2) is 0 Å². The second-order valence-corrected chi connectivity index (χ2v) is 7.53. The molecule has 1 N–H and O–H groups in total. The lowest BCUT2D eigenvalue weighted by Gasteiger charge is -2.11. The lowest BCUT2D eigenvalue weighted by molar-refractivity contribution is 0.414. The predicted molar refractivity (Wildman–Crippen MR) is 111 cm³/mol. The van der Waals surface area contributed by atoms with Crippen LogP contribution in [-0.4, -0.2) is 23.4 Å². The molecule has 0 amide bonds. The van der Waals surface area contributed by atoms with E-state index in [1.54, 1.807) is 13.2 Å². The Morgan fingerprint density at radius 3 is 2.67 bits per heavy atom. The number of nitrogens with one attached hydrogen (secondary N) is 1. The minimum absolute atomic E-state index is 0.592. The first-order chi connectivity index (χ1) is 13.2. The zero-order chi connectivity index (χ0) is 18.8. The van der Waals surface area contributed by atoms with Crippen LogP contribution in [0.3, 0.4) is 0 Å². The molecule has 0 saturated heterocycles. The summed E-state index contributed by atoms with van der Waals surface area (Å²) < 4.78 is 7.18. The van der Waals surface area contributed by atoms with Crippen molar-refractivity contribution in [3.05, 3.63) is 69.3 Å². The third-order valence-corrected chi connectivity index (χ3v) is 5.42. The van der Waals surface area contributed by atoms with Crippen molar-refractivity contribution in [3.63, 3.8) is 0 Å². The molecule has 0 radical (unpaired) electrons. The van der Waals surface area contributed by atoms with Crippen molar-refractivity contribution in [3.8, 4) is 11.4 Å². The van der Waals surface area contributed by atoms with Crippen LogP contribution in [0.5, 0.6) is 5.75 Å². The number of methoxy groups -OCH3 is 1. The van der Waals surface area contributed by atoms with Gasteiger partial charge in [0.25, 0.3) is 0 Å². The van der Waals surface area contributed by atoms with Gasteiger partial charge < -0.3 is 10.1 Å². The van der Waals surface area contributed by atoms with Gasteiger partial charge in [0.05, 0.1) is 23.5 Å². The molecule has 4 nitrogen and oxygen atoms in total. The highest BCUT2D eigenvalue weighted by Crippen LogP contribution is 2.33. The number of fused-ring (bicyclic) bond motifs is 1. The van der Waals surface area contributed by atoms with E-state index in [0.29, 0.717) is 10.0 Å². The predicted octanol–water partition coefficient (Wildman–Crippen LogP) is 5.53. The summed E-state index contributed by atoms with van der Waals surface area (Å²) in [6.45, 7) is 0.936. The summed E-state index contributed by atoms with van der Waals surface area (Å²) in [6, 6.07) is 13.7. The van der Waals surface area contributed by atoms with E-state index in [0.717, 1.165) is 55.2 Å². The summed E-state index contributed by atoms with van der Waals surface area (Å²) in [4.78, 5) is 0. The van der Waals surface area contributed by atoms with Crippen molar-refractivity contribution < 1.29 is 4.74 Å². The monoisotopic (exact) mass is 401 g/mol. The normalized spacial score (nSPS) is 13.6. The van der Waals surface area contributed by atoms with Crippen LogP contribution < -0.4 is 10.1 Å². The molecule has 1 aliphatic heterocycles. The molecule has 0 saturated carbocycles. The van der Waals surface area contributed by atoms with Gasteiger partial charge in [-0.1, -0.05) is 35.3 Å². The molecule has 2 heterocycles. The van der Waals surface area contributed by atoms with Gasteiger partial charge in [-0.2, -0.15) is 5.10 Å². The lowest BCUT2D eigenvalue weighted by atomic mass is 10.0. The van der Waals surface area contributed by atoms with E-state index < -0.39 is 0 Å². The van der Waals surface area contributed by atoms with Gasteiger partial charge in [0.1, 0.15) is 11.6 Å². The fourth-order valence-corrected chi connectivity index (χ4v) is 3.97. The van der Waals surface area contributed by atoms with Gasteiger partial charge in [0.2, 0.25) is 0 Å². The molecule has 0 spiro atoms. The Morgan fingerprint density at radius 1 is 1.11 bits per heavy atom. The first-order valence-electron chi connectivity index (χ1n) is 9.08. The second kappa shape index (κ2) is 7.83. The third kappa shape index (κ3) is 3.78. The molecule has 1 aromatic heterocycles. The maximum absolute atomic E-state index is 6.46. The maximum atomic E-state index is 6.46. The molecule has 27 heavy (non-hydrogen) atoms. The molecule has 0 fully saturated rings. The van der Waals surface area contributed by atoms with Crippen molar-refractivity contribution >= 4 is 29.0 Å². The van der Waals surface area contributed by atoms with E-state index in [1.165, 1.54) is 11.1 Å². The standard InChI is InChI=1S/C21H21Cl2N3O/c1-27-16-8-5-14(6-9-16)12-19-17-4-2-3-11-24-21(17)26(25-19)20-10-7-15(22)13-18(20)23/h5-10,13,24H,2-4,11-12H2,1H3. The number of anilines is 1. The zero-order valence-electron chi connectivity index (χ0n) is 15.1. The van der Waals surface area contributed by atoms with E-state index in [1.807, 2.05) is 28.9 Å². The number of hydrogen-bond donors (Lipinski definition) is 1. The third-order valence-electron chi connectivity index (χ3n) is 4.88. The van der Waals surface area contributed by atoms with Crippen molar-refractivity contribution in [2.75, 3.05) is 19.0 Å². The molecular formula is C21H21Cl2N3O. The number of rotatable bonds is 4. The molecule has 6 heteroatoms. The van der Waals surface area contributed by atoms with Crippen LogP contribution in [-0.2, 0) is 12.8 Å². The molecule has 0 unspecified atom stereocenters. The second-order valence-electron chi connectivity index (χ2n) is 6.69. The highest BCUT2D eigenvalue weighted by atomic mass is 35.5. The number of benzene rings is 2. The summed E-state index contributed by atoms with van der Waals surface area (Å²) in [5.74, 6) is 1.90. The Balaban J connectivity index is 1.76. The summed E-state index contributed by atoms with van der Waals surface area (Å²) in [5, 5.41) is 9.69. The van der Waals surface area contributed by atoms with E-state index in [4.69, 9.17) is 33.0 Å². The Bertz CT molecular complexity index is 951. The number of halogens is 2. The number of hydrogen-bond acceptors (Lipinski definition) is 3. The van der Waals surface area contributed by atoms with Gasteiger partial charge >= 0.3 is 0 Å². The first-order valence-corrected chi connectivity index (χ1v) is 9.84. The van der Waals surface area contributed by atoms with Crippen molar-refractivity contribution in [1.29, 1.82) is 0 Å². The molecule has 0 bridgehead atoms. The molecule has 2 aromatic carbocycles. The smallest absolute Gasteiger partial charge is 0.133 e. The summed E-state index contributed by atoms with van der Waals surface area (Å²) in [5.41, 5.74) is 4.40. The lowest BCUT2D eigenvalue weighted by Crippen LogP contribution is -2.07. The Labute approximate surface area is 169 Å². The molecule has 4 rings (SSSR count). The zero-order valence-corrected chi connectivity index (χ0v) is 16.6. The van der Waals surface area contributed by atoms with Crippen molar-refractivity contribution in [2.45, 2.75) is 25.7 Å². The Kier molecular flexibility index (Phi) is 5.28. The molecule has 1 aliphatic rings. The van der Waals surface area contributed by atoms with E-state index in [9.17, 15) is 0 Å². The molecule has 140 valence electrons. The Morgan fingerprint density at radius 2 is 1.93 bits per heavy atom. The summed E-state index contributed by atoms with van der Waals surface area (Å²) in [6.07, 6.45) is 4.08. The van der Waals surface area contributed by atoms with Crippen LogP contribution in [0.1, 0.15) is 29.7 Å². The quantitative estimate of drug-likeness (QED) is 0.624. The number of nitrogens with zero attached hydrogens (tertiary/aromatic N) is 2. The topological polar surface area (TPSA) is 39.1 Å². The van der Waals surface area contributed by atoms with Gasteiger partial charge in [-0.25, -0.2) is 4.68 Å². The van der Waals surface area contributed by atoms with Crippen LogP contribution in [0, 0.1) is 0 Å². The number of ether oxygens (including phenoxy) is 1. The van der Waals surface area contributed by atoms with Crippen LogP contribution in [0.2, 0.25) is 10.0 Å². The highest BCUT2D eigenvalue weighted by Gasteiger charge is 2.22. The molecular weight excluding hydrogens is 381 g/mol. The van der Waals surface area contributed by atoms with Gasteiger partial charge in [0, 0.05) is 23.6 Å². The minimum atomic E-state index is 0.592. The first kappa shape index (κ1) is 18.2. The summed E-state index contributed by atoms with van der Waals surface area (Å²) >= 11 is 12.5. The number of aromatic nitrogens is 2. The highest BCUT2D eigenvalue weighted by molar-refractivity contribution is 6.35. The average molecular weight is 402 g/mol. The molecule has 0 atom stereocenters. The van der Waals surface area contributed by atoms with E-state index >= 15 is 0 Å².